The number of carbonyl (C=O) groups is 1. The van der Waals surface area contributed by atoms with Gasteiger partial charge in [-0.1, -0.05) is 35.9 Å². The monoisotopic (exact) mass is 400 g/mol. The smallest absolute Gasteiger partial charge is 0.410 e. The van der Waals surface area contributed by atoms with Gasteiger partial charge < -0.3 is 14.5 Å². The van der Waals surface area contributed by atoms with E-state index >= 15 is 0 Å². The Bertz CT molecular complexity index is 766. The van der Waals surface area contributed by atoms with E-state index in [-0.39, 0.29) is 12.1 Å². The Morgan fingerprint density at radius 1 is 0.964 bits per heavy atom. The molecule has 1 aliphatic carbocycles. The van der Waals surface area contributed by atoms with Crippen molar-refractivity contribution in [3.63, 3.8) is 0 Å². The number of ether oxygens (including phenoxy) is 1. The number of halogens is 1. The molecule has 0 unspecified atom stereocenters. The molecule has 0 aliphatic heterocycles. The molecule has 0 spiro atoms. The summed E-state index contributed by atoms with van der Waals surface area (Å²) in [6, 6.07) is 16.1. The van der Waals surface area contributed by atoms with Crippen molar-refractivity contribution in [2.75, 3.05) is 21.1 Å². The lowest BCUT2D eigenvalue weighted by molar-refractivity contribution is 0.130. The van der Waals surface area contributed by atoms with Gasteiger partial charge in [-0.15, -0.1) is 0 Å². The molecule has 5 heteroatoms. The molecular weight excluding hydrogens is 372 g/mol. The number of nitrogens with zero attached hydrogens (tertiary/aromatic N) is 2. The van der Waals surface area contributed by atoms with E-state index in [1.807, 2.05) is 7.05 Å². The van der Waals surface area contributed by atoms with Crippen LogP contribution in [-0.4, -0.2) is 43.1 Å². The first-order chi connectivity index (χ1) is 13.4. The van der Waals surface area contributed by atoms with Crippen LogP contribution in [0.25, 0.3) is 0 Å². The van der Waals surface area contributed by atoms with E-state index in [1.165, 1.54) is 11.1 Å². The highest BCUT2D eigenvalue weighted by Gasteiger charge is 2.28. The van der Waals surface area contributed by atoms with Crippen LogP contribution in [0.3, 0.4) is 0 Å². The molecule has 0 radical (unpaired) electrons. The second-order valence-electron chi connectivity index (χ2n) is 7.92. The van der Waals surface area contributed by atoms with Crippen LogP contribution in [0.15, 0.2) is 48.5 Å². The lowest BCUT2D eigenvalue weighted by atomic mass is 9.81. The third kappa shape index (κ3) is 5.49. The summed E-state index contributed by atoms with van der Waals surface area (Å²) in [5.41, 5.74) is 2.75. The lowest BCUT2D eigenvalue weighted by Crippen LogP contribution is -2.40. The molecule has 1 amide bonds. The fourth-order valence-corrected chi connectivity index (χ4v) is 4.01. The molecule has 1 fully saturated rings. The van der Waals surface area contributed by atoms with Crippen molar-refractivity contribution >= 4 is 17.7 Å². The molecule has 0 N–H and O–H groups in total. The highest BCUT2D eigenvalue weighted by atomic mass is 35.5. The molecule has 28 heavy (non-hydrogen) atoms. The highest BCUT2D eigenvalue weighted by molar-refractivity contribution is 6.30. The van der Waals surface area contributed by atoms with Gasteiger partial charge in [-0.3, -0.25) is 0 Å². The van der Waals surface area contributed by atoms with E-state index in [1.54, 1.807) is 29.2 Å². The minimum atomic E-state index is -0.307. The summed E-state index contributed by atoms with van der Waals surface area (Å²) < 4.78 is 5.47. The first kappa shape index (κ1) is 20.7. The van der Waals surface area contributed by atoms with E-state index in [0.717, 1.165) is 32.2 Å². The largest absolute Gasteiger partial charge is 0.415 e. The second-order valence-corrected chi connectivity index (χ2v) is 8.35. The molecule has 3 rings (SSSR count). The molecule has 1 aliphatic rings. The quantitative estimate of drug-likeness (QED) is 0.658. The Balaban J connectivity index is 1.51. The highest BCUT2D eigenvalue weighted by Crippen LogP contribution is 2.35. The predicted octanol–water partition coefficient (Wildman–Crippen LogP) is 5.56. The predicted molar refractivity (Wildman–Crippen MR) is 114 cm³/mol. The van der Waals surface area contributed by atoms with Gasteiger partial charge in [0, 0.05) is 24.7 Å². The van der Waals surface area contributed by atoms with Crippen LogP contribution in [-0.2, 0) is 6.54 Å². The van der Waals surface area contributed by atoms with Gasteiger partial charge in [0.2, 0.25) is 0 Å². The van der Waals surface area contributed by atoms with Crippen molar-refractivity contribution in [2.45, 2.75) is 44.2 Å². The minimum absolute atomic E-state index is 0.226. The standard InChI is InChI=1S/C23H29ClN2O2/c1-25(2)16-17-4-6-18(7-5-17)19-8-12-21(13-9-19)26(3)23(27)28-22-14-10-20(24)11-15-22/h4-7,10-11,14-15,19,21H,8-9,12-13,16H2,1-3H3. The van der Waals surface area contributed by atoms with Crippen LogP contribution in [0.1, 0.15) is 42.7 Å². The molecule has 0 heterocycles. The summed E-state index contributed by atoms with van der Waals surface area (Å²) in [7, 11) is 6.01. The van der Waals surface area contributed by atoms with Crippen LogP contribution >= 0.6 is 11.6 Å². The van der Waals surface area contributed by atoms with Crippen molar-refractivity contribution in [1.82, 2.24) is 9.80 Å². The van der Waals surface area contributed by atoms with Crippen LogP contribution < -0.4 is 4.74 Å². The third-order valence-electron chi connectivity index (χ3n) is 5.50. The van der Waals surface area contributed by atoms with E-state index in [4.69, 9.17) is 16.3 Å². The van der Waals surface area contributed by atoms with Gasteiger partial charge in [-0.2, -0.15) is 0 Å². The zero-order valence-electron chi connectivity index (χ0n) is 16.9. The fraction of sp³-hybridized carbons (Fsp3) is 0.435. The molecule has 0 atom stereocenters. The molecule has 0 bridgehead atoms. The number of amides is 1. The first-order valence-corrected chi connectivity index (χ1v) is 10.2. The molecule has 1 saturated carbocycles. The van der Waals surface area contributed by atoms with Crippen LogP contribution in [0.5, 0.6) is 5.75 Å². The fourth-order valence-electron chi connectivity index (χ4n) is 3.88. The van der Waals surface area contributed by atoms with Gasteiger partial charge in [0.15, 0.2) is 0 Å². The number of benzene rings is 2. The Hall–Kier alpha value is -2.04. The van der Waals surface area contributed by atoms with Crippen LogP contribution in [0.4, 0.5) is 4.79 Å². The maximum Gasteiger partial charge on any atom is 0.415 e. The molecule has 2 aromatic carbocycles. The summed E-state index contributed by atoms with van der Waals surface area (Å²) in [5.74, 6) is 1.10. The summed E-state index contributed by atoms with van der Waals surface area (Å²) >= 11 is 5.87. The number of hydrogen-bond donors (Lipinski definition) is 0. The Morgan fingerprint density at radius 3 is 2.14 bits per heavy atom. The van der Waals surface area contributed by atoms with Crippen molar-refractivity contribution in [3.05, 3.63) is 64.7 Å². The van der Waals surface area contributed by atoms with Gasteiger partial charge in [0.05, 0.1) is 0 Å². The molecule has 150 valence electrons. The Kier molecular flexibility index (Phi) is 6.97. The third-order valence-corrected chi connectivity index (χ3v) is 5.75. The van der Waals surface area contributed by atoms with Crippen molar-refractivity contribution in [1.29, 1.82) is 0 Å². The van der Waals surface area contributed by atoms with Gasteiger partial charge in [-0.05, 0) is 81.1 Å². The molecule has 0 saturated heterocycles. The van der Waals surface area contributed by atoms with Gasteiger partial charge >= 0.3 is 6.09 Å². The molecule has 4 nitrogen and oxygen atoms in total. The average Bonchev–Trinajstić information content (AvgIpc) is 2.69. The van der Waals surface area contributed by atoms with Crippen molar-refractivity contribution in [2.24, 2.45) is 0 Å². The van der Waals surface area contributed by atoms with Crippen LogP contribution in [0.2, 0.25) is 5.02 Å². The van der Waals surface area contributed by atoms with Gasteiger partial charge in [0.1, 0.15) is 5.75 Å². The molecular formula is C23H29ClN2O2. The zero-order chi connectivity index (χ0) is 20.1. The average molecular weight is 401 g/mol. The maximum absolute atomic E-state index is 12.4. The number of carbonyl (C=O) groups excluding carboxylic acids is 1. The lowest BCUT2D eigenvalue weighted by Gasteiger charge is -2.34. The summed E-state index contributed by atoms with van der Waals surface area (Å²) in [6.45, 7) is 0.966. The molecule has 0 aromatic heterocycles. The molecule has 2 aromatic rings. The summed E-state index contributed by atoms with van der Waals surface area (Å²) in [5, 5.41) is 0.626. The number of rotatable bonds is 5. The minimum Gasteiger partial charge on any atom is -0.410 e. The van der Waals surface area contributed by atoms with Gasteiger partial charge in [-0.25, -0.2) is 4.79 Å². The second kappa shape index (κ2) is 9.44. The Labute approximate surface area is 173 Å². The van der Waals surface area contributed by atoms with Crippen molar-refractivity contribution in [3.8, 4) is 5.75 Å². The SMILES string of the molecule is CN(C)Cc1ccc(C2CCC(N(C)C(=O)Oc3ccc(Cl)cc3)CC2)cc1. The van der Waals surface area contributed by atoms with Crippen LogP contribution in [0, 0.1) is 0 Å². The maximum atomic E-state index is 12.4. The topological polar surface area (TPSA) is 32.8 Å². The van der Waals surface area contributed by atoms with E-state index in [9.17, 15) is 4.79 Å². The Morgan fingerprint density at radius 2 is 1.57 bits per heavy atom. The summed E-state index contributed by atoms with van der Waals surface area (Å²) in [4.78, 5) is 16.4. The first-order valence-electron chi connectivity index (χ1n) is 9.86. The van der Waals surface area contributed by atoms with E-state index < -0.39 is 0 Å². The summed E-state index contributed by atoms with van der Waals surface area (Å²) in [6.07, 6.45) is 3.87. The van der Waals surface area contributed by atoms with E-state index in [2.05, 4.69) is 43.3 Å². The number of hydrogen-bond acceptors (Lipinski definition) is 3. The normalized spacial score (nSPS) is 19.5. The zero-order valence-corrected chi connectivity index (χ0v) is 17.7. The van der Waals surface area contributed by atoms with Crippen molar-refractivity contribution < 1.29 is 9.53 Å². The van der Waals surface area contributed by atoms with E-state index in [0.29, 0.717) is 16.7 Å². The van der Waals surface area contributed by atoms with Gasteiger partial charge in [0.25, 0.3) is 0 Å².